The quantitative estimate of drug-likeness (QED) is 0.447. The van der Waals surface area contributed by atoms with E-state index < -0.39 is 0 Å². The summed E-state index contributed by atoms with van der Waals surface area (Å²) in [7, 11) is 0. The number of aryl methyl sites for hydroxylation is 1. The molecule has 3 aromatic heterocycles. The molecule has 2 aliphatic rings. The van der Waals surface area contributed by atoms with E-state index >= 15 is 0 Å². The Bertz CT molecular complexity index is 1280. The average Bonchev–Trinajstić information content (AvgIpc) is 3.37. The van der Waals surface area contributed by atoms with Gasteiger partial charge in [-0.2, -0.15) is 19.6 Å². The summed E-state index contributed by atoms with van der Waals surface area (Å²) in [6, 6.07) is 7.03. The highest BCUT2D eigenvalue weighted by Gasteiger charge is 2.30. The van der Waals surface area contributed by atoms with Gasteiger partial charge in [0.25, 0.3) is 0 Å². The van der Waals surface area contributed by atoms with Crippen molar-refractivity contribution in [2.24, 2.45) is 0 Å². The van der Waals surface area contributed by atoms with Crippen LogP contribution in [0, 0.1) is 6.92 Å². The van der Waals surface area contributed by atoms with E-state index in [2.05, 4.69) is 58.5 Å². The van der Waals surface area contributed by atoms with Crippen molar-refractivity contribution in [3.05, 3.63) is 41.3 Å². The van der Waals surface area contributed by atoms with Gasteiger partial charge in [-0.3, -0.25) is 0 Å². The molecule has 1 aromatic carbocycles. The lowest BCUT2D eigenvalue weighted by Gasteiger charge is -2.36. The Labute approximate surface area is 186 Å². The van der Waals surface area contributed by atoms with E-state index in [4.69, 9.17) is 15.0 Å². The van der Waals surface area contributed by atoms with E-state index in [0.717, 1.165) is 41.5 Å². The number of anilines is 2. The zero-order valence-corrected chi connectivity index (χ0v) is 18.8. The standard InChI is InChI=1S/C23H29N9/c1-13-4-7-18-19(8-13)28-20(27-18)10-24-22-30-23(31-11-14(2)26-15(3)12-31)29-21-17(16-5-6-16)9-25-32(21)22/h4,7-9,14-16,26H,5-6,10-12H2,1-3H3,(H,27,28)(H,24,29,30). The van der Waals surface area contributed by atoms with Gasteiger partial charge in [0, 0.05) is 30.7 Å². The highest BCUT2D eigenvalue weighted by Crippen LogP contribution is 2.42. The molecule has 9 heteroatoms. The molecule has 0 bridgehead atoms. The highest BCUT2D eigenvalue weighted by molar-refractivity contribution is 5.75. The number of benzene rings is 1. The van der Waals surface area contributed by atoms with E-state index in [-0.39, 0.29) is 0 Å². The van der Waals surface area contributed by atoms with Gasteiger partial charge in [-0.05, 0) is 57.2 Å². The van der Waals surface area contributed by atoms with Crippen molar-refractivity contribution in [1.82, 2.24) is 34.9 Å². The van der Waals surface area contributed by atoms with Gasteiger partial charge in [-0.25, -0.2) is 4.98 Å². The lowest BCUT2D eigenvalue weighted by atomic mass is 10.1. The Balaban J connectivity index is 1.35. The molecule has 1 aliphatic carbocycles. The fourth-order valence-corrected chi connectivity index (χ4v) is 4.73. The zero-order chi connectivity index (χ0) is 21.8. The zero-order valence-electron chi connectivity index (χ0n) is 18.8. The summed E-state index contributed by atoms with van der Waals surface area (Å²) in [6.45, 7) is 8.80. The summed E-state index contributed by atoms with van der Waals surface area (Å²) >= 11 is 0. The van der Waals surface area contributed by atoms with Crippen LogP contribution in [0.4, 0.5) is 11.9 Å². The molecule has 6 rings (SSSR count). The molecule has 1 saturated carbocycles. The molecular weight excluding hydrogens is 402 g/mol. The molecule has 0 amide bonds. The maximum absolute atomic E-state index is 4.97. The van der Waals surface area contributed by atoms with Crippen molar-refractivity contribution in [1.29, 1.82) is 0 Å². The largest absolute Gasteiger partial charge is 0.347 e. The number of rotatable bonds is 5. The van der Waals surface area contributed by atoms with Crippen LogP contribution in [-0.2, 0) is 6.54 Å². The molecule has 9 nitrogen and oxygen atoms in total. The number of H-pyrrole nitrogens is 1. The van der Waals surface area contributed by atoms with Crippen LogP contribution in [0.3, 0.4) is 0 Å². The maximum Gasteiger partial charge on any atom is 0.230 e. The Morgan fingerprint density at radius 2 is 1.91 bits per heavy atom. The van der Waals surface area contributed by atoms with Gasteiger partial charge >= 0.3 is 0 Å². The molecule has 0 spiro atoms. The number of hydrogen-bond acceptors (Lipinski definition) is 7. The van der Waals surface area contributed by atoms with E-state index in [1.54, 1.807) is 0 Å². The lowest BCUT2D eigenvalue weighted by molar-refractivity contribution is 0.403. The molecule has 4 aromatic rings. The third-order valence-corrected chi connectivity index (χ3v) is 6.34. The van der Waals surface area contributed by atoms with Crippen molar-refractivity contribution in [3.8, 4) is 0 Å². The normalized spacial score (nSPS) is 21.5. The second-order valence-corrected chi connectivity index (χ2v) is 9.39. The number of aromatic nitrogens is 6. The Morgan fingerprint density at radius 3 is 2.69 bits per heavy atom. The molecule has 2 atom stereocenters. The molecule has 166 valence electrons. The van der Waals surface area contributed by atoms with Crippen molar-refractivity contribution in [2.45, 2.75) is 58.2 Å². The van der Waals surface area contributed by atoms with Gasteiger partial charge in [0.05, 0.1) is 23.8 Å². The minimum atomic E-state index is 0.391. The first-order chi connectivity index (χ1) is 15.5. The fraction of sp³-hybridized carbons (Fsp3) is 0.478. The Morgan fingerprint density at radius 1 is 1.09 bits per heavy atom. The minimum absolute atomic E-state index is 0.391. The first kappa shape index (κ1) is 19.5. The molecule has 32 heavy (non-hydrogen) atoms. The van der Waals surface area contributed by atoms with E-state index in [1.165, 1.54) is 24.0 Å². The molecular formula is C23H29N9. The maximum atomic E-state index is 4.97. The minimum Gasteiger partial charge on any atom is -0.347 e. The second-order valence-electron chi connectivity index (χ2n) is 9.39. The van der Waals surface area contributed by atoms with Crippen LogP contribution < -0.4 is 15.5 Å². The van der Waals surface area contributed by atoms with Gasteiger partial charge < -0.3 is 20.5 Å². The molecule has 1 aliphatic heterocycles. The van der Waals surface area contributed by atoms with E-state index in [9.17, 15) is 0 Å². The average molecular weight is 432 g/mol. The predicted molar refractivity (Wildman–Crippen MR) is 125 cm³/mol. The second kappa shape index (κ2) is 7.44. The summed E-state index contributed by atoms with van der Waals surface area (Å²) in [5.74, 6) is 2.91. The number of imidazole rings is 1. The third kappa shape index (κ3) is 3.56. The van der Waals surface area contributed by atoms with E-state index in [0.29, 0.717) is 30.5 Å². The van der Waals surface area contributed by atoms with Crippen molar-refractivity contribution in [3.63, 3.8) is 0 Å². The van der Waals surface area contributed by atoms with Crippen LogP contribution in [0.2, 0.25) is 0 Å². The van der Waals surface area contributed by atoms with Gasteiger partial charge in [-0.15, -0.1) is 0 Å². The number of nitrogens with zero attached hydrogens (tertiary/aromatic N) is 6. The van der Waals surface area contributed by atoms with Crippen LogP contribution in [0.1, 0.15) is 49.6 Å². The van der Waals surface area contributed by atoms with Crippen LogP contribution >= 0.6 is 0 Å². The highest BCUT2D eigenvalue weighted by atomic mass is 15.4. The lowest BCUT2D eigenvalue weighted by Crippen LogP contribution is -2.54. The number of fused-ring (bicyclic) bond motifs is 2. The van der Waals surface area contributed by atoms with Crippen molar-refractivity contribution >= 4 is 28.6 Å². The van der Waals surface area contributed by atoms with Crippen LogP contribution in [0.25, 0.3) is 16.7 Å². The van der Waals surface area contributed by atoms with Gasteiger partial charge in [0.2, 0.25) is 11.9 Å². The Kier molecular flexibility index (Phi) is 4.53. The molecule has 0 radical (unpaired) electrons. The summed E-state index contributed by atoms with van der Waals surface area (Å²) in [6.07, 6.45) is 4.39. The number of aromatic amines is 1. The van der Waals surface area contributed by atoms with Crippen LogP contribution in [0.5, 0.6) is 0 Å². The van der Waals surface area contributed by atoms with E-state index in [1.807, 2.05) is 16.8 Å². The monoisotopic (exact) mass is 431 g/mol. The van der Waals surface area contributed by atoms with Crippen LogP contribution in [0.15, 0.2) is 24.4 Å². The molecule has 2 fully saturated rings. The topological polar surface area (TPSA) is 99.1 Å². The SMILES string of the molecule is Cc1ccc2nc(CNc3nc(N4CC(C)NC(C)C4)nc4c(C5CC5)cnn34)[nH]c2c1. The van der Waals surface area contributed by atoms with Crippen molar-refractivity contribution < 1.29 is 0 Å². The fourth-order valence-electron chi connectivity index (χ4n) is 4.73. The third-order valence-electron chi connectivity index (χ3n) is 6.34. The summed E-state index contributed by atoms with van der Waals surface area (Å²) < 4.78 is 1.85. The summed E-state index contributed by atoms with van der Waals surface area (Å²) in [4.78, 5) is 20.3. The smallest absolute Gasteiger partial charge is 0.230 e. The van der Waals surface area contributed by atoms with Crippen molar-refractivity contribution in [2.75, 3.05) is 23.3 Å². The molecule has 3 N–H and O–H groups in total. The van der Waals surface area contributed by atoms with Crippen LogP contribution in [-0.4, -0.2) is 54.7 Å². The number of nitrogens with one attached hydrogen (secondary N) is 3. The summed E-state index contributed by atoms with van der Waals surface area (Å²) in [5.41, 5.74) is 5.38. The number of hydrogen-bond donors (Lipinski definition) is 3. The first-order valence-electron chi connectivity index (χ1n) is 11.5. The Hall–Kier alpha value is -3.20. The molecule has 4 heterocycles. The molecule has 2 unspecified atom stereocenters. The molecule has 1 saturated heterocycles. The number of piperazine rings is 1. The summed E-state index contributed by atoms with van der Waals surface area (Å²) in [5, 5.41) is 11.7. The van der Waals surface area contributed by atoms with Gasteiger partial charge in [-0.1, -0.05) is 6.07 Å². The van der Waals surface area contributed by atoms with Gasteiger partial charge in [0.15, 0.2) is 5.65 Å². The first-order valence-corrected chi connectivity index (χ1v) is 11.5. The predicted octanol–water partition coefficient (Wildman–Crippen LogP) is 2.99. The van der Waals surface area contributed by atoms with Gasteiger partial charge in [0.1, 0.15) is 5.82 Å².